The second-order valence-corrected chi connectivity index (χ2v) is 5.42. The summed E-state index contributed by atoms with van der Waals surface area (Å²) >= 11 is 0.426. The molecule has 0 saturated carbocycles. The molecule has 3 aromatic rings. The van der Waals surface area contributed by atoms with Gasteiger partial charge in [-0.2, -0.15) is 0 Å². The first-order valence-corrected chi connectivity index (χ1v) is 6.22. The van der Waals surface area contributed by atoms with Crippen LogP contribution in [0.2, 0.25) is 0 Å². The quantitative estimate of drug-likeness (QED) is 0.190. The second-order valence-electron chi connectivity index (χ2n) is 3.15. The average molecular weight is 775 g/mol. The molecule has 0 atom stereocenters. The van der Waals surface area contributed by atoms with Crippen LogP contribution in [0.1, 0.15) is 0 Å². The Bertz CT molecular complexity index is 518. The van der Waals surface area contributed by atoms with Gasteiger partial charge in [-0.25, -0.2) is 0 Å². The summed E-state index contributed by atoms with van der Waals surface area (Å²) in [4.78, 5) is 4.62. The molecule has 7 heteroatoms. The Morgan fingerprint density at radius 2 is 1.00 bits per heavy atom. The van der Waals surface area contributed by atoms with Crippen LogP contribution in [0.25, 0.3) is 19.6 Å². The van der Waals surface area contributed by atoms with Gasteiger partial charge in [0.1, 0.15) is 0 Å². The fourth-order valence-corrected chi connectivity index (χ4v) is 3.55. The Hall–Kier alpha value is 1.64. The van der Waals surface area contributed by atoms with Crippen molar-refractivity contribution < 1.29 is 5.48 Å². The predicted octanol–water partition coefficient (Wildman–Crippen LogP) is 4.37. The summed E-state index contributed by atoms with van der Waals surface area (Å²) < 4.78 is 2.78. The van der Waals surface area contributed by atoms with Crippen molar-refractivity contribution in [2.45, 2.75) is 0 Å². The van der Waals surface area contributed by atoms with E-state index in [1.54, 1.807) is 0 Å². The van der Waals surface area contributed by atoms with Gasteiger partial charge >= 0.3 is 87.6 Å². The van der Waals surface area contributed by atoms with Crippen LogP contribution in [0.4, 0.5) is 0 Å². The van der Waals surface area contributed by atoms with E-state index >= 15 is 0 Å². The van der Waals surface area contributed by atoms with Gasteiger partial charge in [0.2, 0.25) is 0 Å². The molecule has 0 saturated heterocycles. The van der Waals surface area contributed by atoms with Crippen LogP contribution in [0.5, 0.6) is 0 Å². The number of benzene rings is 2. The van der Waals surface area contributed by atoms with Gasteiger partial charge in [-0.15, -0.1) is 95.9 Å². The summed E-state index contributed by atoms with van der Waals surface area (Å²) in [6.45, 7) is 0. The fourth-order valence-electron chi connectivity index (χ4n) is 1.52. The molecule has 0 amide bonds. The third-order valence-corrected chi connectivity index (χ3v) is 4.56. The van der Waals surface area contributed by atoms with Gasteiger partial charge in [-0.1, -0.05) is 0 Å². The Morgan fingerprint density at radius 1 is 0.632 bits per heavy atom. The van der Waals surface area contributed by atoms with E-state index in [0.717, 1.165) is 11.0 Å². The van der Waals surface area contributed by atoms with E-state index in [-0.39, 0.29) is 101 Å². The second kappa shape index (κ2) is 12.2. The van der Waals surface area contributed by atoms with Crippen molar-refractivity contribution in [2.75, 3.05) is 0 Å². The van der Waals surface area contributed by atoms with Crippen LogP contribution in [-0.2, 0) is 0 Å². The molecule has 0 spiro atoms. The molecule has 2 aromatic carbocycles. The summed E-state index contributed by atoms with van der Waals surface area (Å²) in [6, 6.07) is 16.8. The van der Waals surface area contributed by atoms with E-state index in [0.29, 0.717) is 14.5 Å². The number of halogens is 4. The van der Waals surface area contributed by atoms with Crippen LogP contribution in [0.15, 0.2) is 48.5 Å². The zero-order valence-electron chi connectivity index (χ0n) is 9.61. The molecule has 0 aliphatic heterocycles. The molecule has 106 valence electrons. The maximum absolute atomic E-state index is 4.62. The Kier molecular flexibility index (Phi) is 16.4. The molecule has 0 bridgehead atoms. The van der Waals surface area contributed by atoms with Crippen molar-refractivity contribution in [3.05, 3.63) is 48.5 Å². The van der Waals surface area contributed by atoms with Crippen molar-refractivity contribution in [1.29, 1.82) is 0 Å². The standard InChI is InChI=1S/C12H8NSe.4HI.H2O/c1-3-7-11-9(5-1)13-10-6-2-4-8-12(10)14-11;;;;;/h1-8H;4*1H;1H2/q+1;;;;;. The zero-order chi connectivity index (χ0) is 9.38. The molecular formula is C12H14I4NOSe+. The van der Waals surface area contributed by atoms with E-state index in [9.17, 15) is 0 Å². The van der Waals surface area contributed by atoms with Crippen molar-refractivity contribution in [1.82, 2.24) is 4.98 Å². The first kappa shape index (κ1) is 25.6. The first-order valence-electron chi connectivity index (χ1n) is 4.51. The molecule has 1 aromatic heterocycles. The summed E-state index contributed by atoms with van der Waals surface area (Å²) in [6.07, 6.45) is 0. The van der Waals surface area contributed by atoms with Gasteiger partial charge in [0.25, 0.3) is 0 Å². The van der Waals surface area contributed by atoms with E-state index in [4.69, 9.17) is 0 Å². The number of rotatable bonds is 0. The number of nitrogens with zero attached hydrogens (tertiary/aromatic N) is 1. The van der Waals surface area contributed by atoms with Gasteiger partial charge in [0.15, 0.2) is 0 Å². The SMILES string of the molecule is I.I.I.I.O.c1ccc2[se+]c3ccccc3nc2c1. The molecule has 2 N–H and O–H groups in total. The van der Waals surface area contributed by atoms with E-state index in [2.05, 4.69) is 41.4 Å². The number of hydrogen-bond acceptors (Lipinski definition) is 1. The molecule has 0 fully saturated rings. The van der Waals surface area contributed by atoms with Crippen LogP contribution < -0.4 is 0 Å². The van der Waals surface area contributed by atoms with Crippen molar-refractivity contribution in [2.24, 2.45) is 0 Å². The summed E-state index contributed by atoms with van der Waals surface area (Å²) in [5, 5.41) is 0. The van der Waals surface area contributed by atoms with Gasteiger partial charge in [-0.05, 0) is 0 Å². The van der Waals surface area contributed by atoms with E-state index in [1.165, 1.54) is 8.52 Å². The van der Waals surface area contributed by atoms with Gasteiger partial charge in [0.05, 0.1) is 0 Å². The van der Waals surface area contributed by atoms with Crippen molar-refractivity contribution in [3.63, 3.8) is 0 Å². The monoisotopic (exact) mass is 776 g/mol. The summed E-state index contributed by atoms with van der Waals surface area (Å²) in [5.74, 6) is 0. The fraction of sp³-hybridized carbons (Fsp3) is 0. The van der Waals surface area contributed by atoms with Crippen LogP contribution in [0.3, 0.4) is 0 Å². The van der Waals surface area contributed by atoms with E-state index in [1.807, 2.05) is 12.1 Å². The Balaban J connectivity index is -0.000000512. The Labute approximate surface area is 186 Å². The first-order chi connectivity index (χ1) is 6.93. The molecule has 3 rings (SSSR count). The van der Waals surface area contributed by atoms with Crippen LogP contribution >= 0.6 is 95.9 Å². The third-order valence-electron chi connectivity index (χ3n) is 2.19. The number of aromatic nitrogens is 1. The average Bonchev–Trinajstić information content (AvgIpc) is 2.26. The zero-order valence-corrected chi connectivity index (χ0v) is 20.6. The number of fused-ring (bicyclic) bond motifs is 2. The van der Waals surface area contributed by atoms with Crippen LogP contribution in [0, 0.1) is 0 Å². The topological polar surface area (TPSA) is 44.4 Å². The Morgan fingerprint density at radius 3 is 1.42 bits per heavy atom. The summed E-state index contributed by atoms with van der Waals surface area (Å²) in [7, 11) is 0. The minimum absolute atomic E-state index is 0. The van der Waals surface area contributed by atoms with E-state index < -0.39 is 0 Å². The minimum atomic E-state index is 0. The molecule has 2 nitrogen and oxygen atoms in total. The van der Waals surface area contributed by atoms with Crippen LogP contribution in [-0.4, -0.2) is 25.0 Å². The van der Waals surface area contributed by atoms with Gasteiger partial charge < -0.3 is 5.48 Å². The molecule has 19 heavy (non-hydrogen) atoms. The van der Waals surface area contributed by atoms with Crippen molar-refractivity contribution in [3.8, 4) is 0 Å². The molecular weight excluding hydrogens is 761 g/mol. The maximum atomic E-state index is 4.62. The molecule has 0 aliphatic carbocycles. The third kappa shape index (κ3) is 6.10. The molecule has 0 unspecified atom stereocenters. The molecule has 1 heterocycles. The van der Waals surface area contributed by atoms with Gasteiger partial charge in [-0.3, -0.25) is 0 Å². The van der Waals surface area contributed by atoms with Gasteiger partial charge in [0, 0.05) is 0 Å². The molecule has 0 radical (unpaired) electrons. The molecule has 0 aliphatic rings. The van der Waals surface area contributed by atoms with Crippen molar-refractivity contribution >= 4 is 130 Å². The normalized spacial score (nSPS) is 8.00. The number of para-hydroxylation sites is 2. The summed E-state index contributed by atoms with van der Waals surface area (Å²) in [5.41, 5.74) is 2.29. The number of hydrogen-bond donors (Lipinski definition) is 0. The predicted molar refractivity (Wildman–Crippen MR) is 126 cm³/mol.